The minimum absolute atomic E-state index is 0.151. The molecule has 0 aromatic heterocycles. The number of hydrogen-bond acceptors (Lipinski definition) is 5. The number of hydrogen-bond donors (Lipinski definition) is 1. The minimum atomic E-state index is -5.55. The fourth-order valence-corrected chi connectivity index (χ4v) is 2.21. The van der Waals surface area contributed by atoms with Crippen LogP contribution in [0.3, 0.4) is 0 Å². The molecule has 0 radical (unpaired) electrons. The molecule has 6 nitrogen and oxygen atoms in total. The van der Waals surface area contributed by atoms with E-state index in [4.69, 9.17) is 10.1 Å². The van der Waals surface area contributed by atoms with Gasteiger partial charge in [0.1, 0.15) is 6.07 Å². The lowest BCUT2D eigenvalue weighted by atomic mass is 10.0. The number of nitriles is 1. The van der Waals surface area contributed by atoms with Crippen LogP contribution < -0.4 is 4.72 Å². The largest absolute Gasteiger partial charge is 0.516 e. The van der Waals surface area contributed by atoms with Crippen LogP contribution in [0.2, 0.25) is 0 Å². The van der Waals surface area contributed by atoms with Crippen molar-refractivity contribution in [2.24, 2.45) is 5.16 Å². The van der Waals surface area contributed by atoms with Gasteiger partial charge in [0.25, 0.3) is 0 Å². The van der Waals surface area contributed by atoms with Gasteiger partial charge >= 0.3 is 15.5 Å². The molecule has 0 heterocycles. The average Bonchev–Trinajstić information content (AvgIpc) is 2.44. The van der Waals surface area contributed by atoms with Crippen molar-refractivity contribution in [2.45, 2.75) is 25.8 Å². The number of rotatable bonds is 6. The number of nitrogens with zero attached hydrogens (tertiary/aromatic N) is 2. The fraction of sp³-hybridized carbons (Fsp3) is 0.385. The number of alkyl halides is 3. The van der Waals surface area contributed by atoms with Gasteiger partial charge in [0, 0.05) is 5.56 Å². The minimum Gasteiger partial charge on any atom is -0.380 e. The van der Waals surface area contributed by atoms with Gasteiger partial charge in [-0.1, -0.05) is 23.7 Å². The summed E-state index contributed by atoms with van der Waals surface area (Å²) in [5.41, 5.74) is -4.65. The van der Waals surface area contributed by atoms with Crippen LogP contribution >= 0.6 is 0 Å². The normalized spacial score (nSPS) is 12.6. The lowest BCUT2D eigenvalue weighted by molar-refractivity contribution is -0.0429. The van der Waals surface area contributed by atoms with Gasteiger partial charge < -0.3 is 4.84 Å². The maximum absolute atomic E-state index is 12.5. The van der Waals surface area contributed by atoms with Crippen LogP contribution in [0.4, 0.5) is 18.9 Å². The molecule has 10 heteroatoms. The van der Waals surface area contributed by atoms with Crippen LogP contribution in [-0.2, 0) is 14.9 Å². The molecule has 0 fully saturated rings. The topological polar surface area (TPSA) is 91.5 Å². The molecule has 1 rings (SSSR count). The summed E-state index contributed by atoms with van der Waals surface area (Å²) < 4.78 is 61.6. The highest BCUT2D eigenvalue weighted by molar-refractivity contribution is 7.93. The molecule has 0 aliphatic carbocycles. The predicted octanol–water partition coefficient (Wildman–Crippen LogP) is 2.91. The Balaban J connectivity index is 3.31. The van der Waals surface area contributed by atoms with Crippen molar-refractivity contribution in [2.75, 3.05) is 11.3 Å². The van der Waals surface area contributed by atoms with E-state index in [2.05, 4.69) is 5.16 Å². The third-order valence-electron chi connectivity index (χ3n) is 2.67. The summed E-state index contributed by atoms with van der Waals surface area (Å²) in [6.45, 7) is 3.02. The molecule has 1 N–H and O–H groups in total. The highest BCUT2D eigenvalue weighted by atomic mass is 32.2. The van der Waals surface area contributed by atoms with Crippen LogP contribution in [0.25, 0.3) is 0 Å². The van der Waals surface area contributed by atoms with Gasteiger partial charge in [-0.05, 0) is 25.5 Å². The Bertz CT molecular complexity index is 737. The van der Waals surface area contributed by atoms with Gasteiger partial charge in [-0.3, -0.25) is 4.72 Å². The second-order valence-corrected chi connectivity index (χ2v) is 6.10. The highest BCUT2D eigenvalue weighted by Gasteiger charge is 2.46. The van der Waals surface area contributed by atoms with E-state index in [0.29, 0.717) is 5.56 Å². The Hall–Kier alpha value is -2.28. The summed E-state index contributed by atoms with van der Waals surface area (Å²) in [5.74, 6) is 0. The van der Waals surface area contributed by atoms with E-state index in [9.17, 15) is 21.6 Å². The Labute approximate surface area is 131 Å². The maximum Gasteiger partial charge on any atom is 0.516 e. The van der Waals surface area contributed by atoms with Gasteiger partial charge in [0.15, 0.2) is 0 Å². The van der Waals surface area contributed by atoms with Gasteiger partial charge in [0.05, 0.1) is 11.4 Å². The molecule has 0 atom stereocenters. The lowest BCUT2D eigenvalue weighted by Crippen LogP contribution is -2.30. The Kier molecular flexibility index (Phi) is 5.98. The Morgan fingerprint density at radius 3 is 2.61 bits per heavy atom. The number of sulfonamides is 1. The van der Waals surface area contributed by atoms with Crippen molar-refractivity contribution in [1.29, 1.82) is 5.26 Å². The first kappa shape index (κ1) is 18.8. The molecule has 1 aromatic rings. The standard InChI is InChI=1S/C13H14F3N3O3S/c1-3-11(18-22-7-6-17)10-8-9(2)4-5-12(10)19-23(20,21)13(14,15)16/h4-5,8,19H,3,7H2,1-2H3/b18-11+. The zero-order chi connectivity index (χ0) is 17.7. The SMILES string of the molecule is CC/C(=N\OCC#N)c1cc(C)ccc1NS(=O)(=O)C(F)(F)F. The molecule has 0 aliphatic heterocycles. The molecule has 0 bridgehead atoms. The summed E-state index contributed by atoms with van der Waals surface area (Å²) in [4.78, 5) is 4.71. The summed E-state index contributed by atoms with van der Waals surface area (Å²) in [5, 5.41) is 12.1. The van der Waals surface area contributed by atoms with Gasteiger partial charge in [-0.2, -0.15) is 26.9 Å². The van der Waals surface area contributed by atoms with Gasteiger partial charge in [0.2, 0.25) is 6.61 Å². The second kappa shape index (κ2) is 7.32. The van der Waals surface area contributed by atoms with E-state index in [-0.39, 0.29) is 30.0 Å². The van der Waals surface area contributed by atoms with Crippen LogP contribution in [0, 0.1) is 18.3 Å². The van der Waals surface area contributed by atoms with Crippen molar-refractivity contribution in [3.63, 3.8) is 0 Å². The Morgan fingerprint density at radius 1 is 1.43 bits per heavy atom. The summed E-state index contributed by atoms with van der Waals surface area (Å²) in [7, 11) is -5.55. The predicted molar refractivity (Wildman–Crippen MR) is 78.2 cm³/mol. The van der Waals surface area contributed by atoms with E-state index < -0.39 is 15.5 Å². The first-order chi connectivity index (χ1) is 10.6. The van der Waals surface area contributed by atoms with Crippen LogP contribution in [0.1, 0.15) is 24.5 Å². The van der Waals surface area contributed by atoms with Crippen LogP contribution in [0.15, 0.2) is 23.4 Å². The van der Waals surface area contributed by atoms with Crippen molar-refractivity contribution in [3.8, 4) is 6.07 Å². The number of halogens is 3. The maximum atomic E-state index is 12.5. The molecule has 1 aromatic carbocycles. The van der Waals surface area contributed by atoms with Crippen molar-refractivity contribution in [1.82, 2.24) is 0 Å². The average molecular weight is 349 g/mol. The van der Waals surface area contributed by atoms with E-state index in [1.165, 1.54) is 22.9 Å². The molecule has 0 saturated carbocycles. The zero-order valence-electron chi connectivity index (χ0n) is 12.3. The molecular weight excluding hydrogens is 335 g/mol. The number of oxime groups is 1. The molecule has 0 unspecified atom stereocenters. The molecule has 0 amide bonds. The van der Waals surface area contributed by atoms with E-state index >= 15 is 0 Å². The summed E-state index contributed by atoms with van der Waals surface area (Å²) >= 11 is 0. The summed E-state index contributed by atoms with van der Waals surface area (Å²) in [6, 6.07) is 5.84. The third-order valence-corrected chi connectivity index (χ3v) is 3.77. The van der Waals surface area contributed by atoms with Crippen molar-refractivity contribution >= 4 is 21.4 Å². The monoisotopic (exact) mass is 349 g/mol. The summed E-state index contributed by atoms with van der Waals surface area (Å²) in [6.07, 6.45) is 0.260. The molecule has 0 aliphatic rings. The molecule has 126 valence electrons. The van der Waals surface area contributed by atoms with Gasteiger partial charge in [-0.25, -0.2) is 0 Å². The molecule has 23 heavy (non-hydrogen) atoms. The van der Waals surface area contributed by atoms with Crippen LogP contribution in [0.5, 0.6) is 0 Å². The molecule has 0 saturated heterocycles. The zero-order valence-corrected chi connectivity index (χ0v) is 13.1. The quantitative estimate of drug-likeness (QED) is 0.486. The van der Waals surface area contributed by atoms with Crippen LogP contribution in [-0.4, -0.2) is 26.2 Å². The van der Waals surface area contributed by atoms with E-state index in [1.807, 2.05) is 0 Å². The highest BCUT2D eigenvalue weighted by Crippen LogP contribution is 2.28. The first-order valence-corrected chi connectivity index (χ1v) is 7.86. The molecular formula is C13H14F3N3O3S. The smallest absolute Gasteiger partial charge is 0.380 e. The van der Waals surface area contributed by atoms with E-state index in [1.54, 1.807) is 19.9 Å². The van der Waals surface area contributed by atoms with E-state index in [0.717, 1.165) is 0 Å². The second-order valence-electron chi connectivity index (χ2n) is 4.42. The first-order valence-electron chi connectivity index (χ1n) is 6.38. The van der Waals surface area contributed by atoms with Crippen molar-refractivity contribution in [3.05, 3.63) is 29.3 Å². The number of anilines is 1. The lowest BCUT2D eigenvalue weighted by Gasteiger charge is -2.15. The Morgan fingerprint density at radius 2 is 2.09 bits per heavy atom. The number of benzene rings is 1. The number of aryl methyl sites for hydroxylation is 1. The third kappa shape index (κ3) is 4.85. The molecule has 0 spiro atoms. The van der Waals surface area contributed by atoms with Crippen molar-refractivity contribution < 1.29 is 26.4 Å². The fourth-order valence-electron chi connectivity index (χ4n) is 1.63. The number of nitrogens with one attached hydrogen (secondary N) is 1. The van der Waals surface area contributed by atoms with Gasteiger partial charge in [-0.15, -0.1) is 0 Å².